The van der Waals surface area contributed by atoms with Gasteiger partial charge >= 0.3 is 17.6 Å². The molecule has 1 aromatic carbocycles. The van der Waals surface area contributed by atoms with Crippen LogP contribution in [0.25, 0.3) is 0 Å². The number of nitro benzene ring substituents is 1. The first-order chi connectivity index (χ1) is 9.32. The Morgan fingerprint density at radius 1 is 1.40 bits per heavy atom. The van der Waals surface area contributed by atoms with Gasteiger partial charge in [-0.05, 0) is 19.9 Å². The van der Waals surface area contributed by atoms with Crippen LogP contribution >= 0.6 is 0 Å². The van der Waals surface area contributed by atoms with E-state index in [1.807, 2.05) is 0 Å². The molecule has 0 aliphatic rings. The van der Waals surface area contributed by atoms with Crippen molar-refractivity contribution in [3.05, 3.63) is 34.4 Å². The van der Waals surface area contributed by atoms with Crippen LogP contribution in [0.5, 0.6) is 5.75 Å². The fourth-order valence-electron chi connectivity index (χ4n) is 1.36. The molecule has 0 amide bonds. The van der Waals surface area contributed by atoms with Gasteiger partial charge in [-0.25, -0.2) is 9.59 Å². The summed E-state index contributed by atoms with van der Waals surface area (Å²) in [4.78, 5) is 33.0. The van der Waals surface area contributed by atoms with Crippen LogP contribution in [0, 0.1) is 10.1 Å². The van der Waals surface area contributed by atoms with Crippen molar-refractivity contribution < 1.29 is 29.1 Å². The molecule has 1 aromatic rings. The molecule has 8 heteroatoms. The van der Waals surface area contributed by atoms with Crippen LogP contribution in [-0.2, 0) is 14.3 Å². The van der Waals surface area contributed by atoms with Crippen molar-refractivity contribution in [3.8, 4) is 5.75 Å². The monoisotopic (exact) mass is 283 g/mol. The number of rotatable bonds is 6. The molecule has 0 fully saturated rings. The lowest BCUT2D eigenvalue weighted by atomic mass is 10.1. The van der Waals surface area contributed by atoms with Crippen LogP contribution < -0.4 is 4.74 Å². The maximum atomic E-state index is 11.7. The molecule has 1 rings (SSSR count). The first kappa shape index (κ1) is 15.4. The Hall–Kier alpha value is -2.64. The summed E-state index contributed by atoms with van der Waals surface area (Å²) in [5.41, 5.74) is -2.80. The van der Waals surface area contributed by atoms with E-state index in [1.165, 1.54) is 25.1 Å². The lowest BCUT2D eigenvalue weighted by molar-refractivity contribution is -0.386. The van der Waals surface area contributed by atoms with Gasteiger partial charge in [-0.15, -0.1) is 0 Å². The molecule has 0 radical (unpaired) electrons. The lowest BCUT2D eigenvalue weighted by Crippen LogP contribution is -2.50. The summed E-state index contributed by atoms with van der Waals surface area (Å²) in [6.07, 6.45) is 0. The number of esters is 1. The third-order valence-electron chi connectivity index (χ3n) is 2.45. The Balaban J connectivity index is 3.18. The molecule has 0 heterocycles. The van der Waals surface area contributed by atoms with Gasteiger partial charge < -0.3 is 14.6 Å². The van der Waals surface area contributed by atoms with E-state index in [1.54, 1.807) is 0 Å². The maximum absolute atomic E-state index is 11.7. The van der Waals surface area contributed by atoms with E-state index in [0.29, 0.717) is 0 Å². The minimum Gasteiger partial charge on any atom is -0.478 e. The summed E-state index contributed by atoms with van der Waals surface area (Å²) in [6.45, 7) is 2.44. The summed E-state index contributed by atoms with van der Waals surface area (Å²) >= 11 is 0. The molecule has 0 saturated heterocycles. The summed E-state index contributed by atoms with van der Waals surface area (Å²) in [5, 5.41) is 20.0. The number of nitro groups is 1. The molecule has 0 spiro atoms. The number of nitrogens with zero attached hydrogens (tertiary/aromatic N) is 1. The summed E-state index contributed by atoms with van der Waals surface area (Å²) < 4.78 is 9.68. The highest BCUT2D eigenvalue weighted by molar-refractivity contribution is 6.02. The minimum atomic E-state index is -2.36. The van der Waals surface area contributed by atoms with Gasteiger partial charge in [0.2, 0.25) is 0 Å². The summed E-state index contributed by atoms with van der Waals surface area (Å²) in [7, 11) is 0. The van der Waals surface area contributed by atoms with Gasteiger partial charge in [-0.3, -0.25) is 10.1 Å². The van der Waals surface area contributed by atoms with E-state index in [-0.39, 0.29) is 12.4 Å². The van der Waals surface area contributed by atoms with Crippen LogP contribution in [-0.4, -0.2) is 34.2 Å². The van der Waals surface area contributed by atoms with Crippen LogP contribution in [0.3, 0.4) is 0 Å². The van der Waals surface area contributed by atoms with Crippen molar-refractivity contribution in [1.29, 1.82) is 0 Å². The predicted octanol–water partition coefficient (Wildman–Crippen LogP) is 1.38. The molecule has 0 aliphatic heterocycles. The smallest absolute Gasteiger partial charge is 0.362 e. The van der Waals surface area contributed by atoms with Crippen molar-refractivity contribution in [1.82, 2.24) is 0 Å². The number of carboxylic acids is 1. The Morgan fingerprint density at radius 3 is 2.50 bits per heavy atom. The van der Waals surface area contributed by atoms with Crippen LogP contribution in [0.15, 0.2) is 24.3 Å². The number of hydrogen-bond donors (Lipinski definition) is 1. The minimum absolute atomic E-state index is 0.0397. The fourth-order valence-corrected chi connectivity index (χ4v) is 1.36. The van der Waals surface area contributed by atoms with Crippen LogP contribution in [0.4, 0.5) is 5.69 Å². The highest BCUT2D eigenvalue weighted by Crippen LogP contribution is 2.30. The van der Waals surface area contributed by atoms with Crippen molar-refractivity contribution >= 4 is 17.6 Å². The first-order valence-corrected chi connectivity index (χ1v) is 5.66. The quantitative estimate of drug-likeness (QED) is 0.363. The highest BCUT2D eigenvalue weighted by atomic mass is 16.6. The zero-order valence-electron chi connectivity index (χ0n) is 10.9. The number of carbonyl (C=O) groups excluding carboxylic acids is 1. The Labute approximate surface area is 114 Å². The number of carbonyl (C=O) groups is 2. The topological polar surface area (TPSA) is 116 Å². The lowest BCUT2D eigenvalue weighted by Gasteiger charge is -2.23. The predicted molar refractivity (Wildman–Crippen MR) is 66.4 cm³/mol. The Bertz CT molecular complexity index is 542. The summed E-state index contributed by atoms with van der Waals surface area (Å²) in [6, 6.07) is 5.17. The van der Waals surface area contributed by atoms with Gasteiger partial charge in [-0.2, -0.15) is 0 Å². The Morgan fingerprint density at radius 2 is 2.00 bits per heavy atom. The van der Waals surface area contributed by atoms with E-state index in [2.05, 4.69) is 4.74 Å². The maximum Gasteiger partial charge on any atom is 0.362 e. The second-order valence-electron chi connectivity index (χ2n) is 3.89. The van der Waals surface area contributed by atoms with Crippen molar-refractivity contribution in [2.45, 2.75) is 19.4 Å². The average Bonchev–Trinajstić information content (AvgIpc) is 2.38. The number of ether oxygens (including phenoxy) is 2. The van der Waals surface area contributed by atoms with Gasteiger partial charge in [-0.1, -0.05) is 12.1 Å². The van der Waals surface area contributed by atoms with Crippen molar-refractivity contribution in [2.24, 2.45) is 0 Å². The van der Waals surface area contributed by atoms with Crippen molar-refractivity contribution in [2.75, 3.05) is 6.61 Å². The fraction of sp³-hybridized carbons (Fsp3) is 0.333. The Kier molecular flexibility index (Phi) is 4.63. The third-order valence-corrected chi connectivity index (χ3v) is 2.45. The number of aliphatic carboxylic acids is 1. The van der Waals surface area contributed by atoms with E-state index in [4.69, 9.17) is 9.84 Å². The van der Waals surface area contributed by atoms with E-state index < -0.39 is 28.2 Å². The zero-order valence-corrected chi connectivity index (χ0v) is 10.9. The highest BCUT2D eigenvalue weighted by Gasteiger charge is 2.47. The van der Waals surface area contributed by atoms with Gasteiger partial charge in [0.15, 0.2) is 5.75 Å². The number of benzene rings is 1. The van der Waals surface area contributed by atoms with E-state index in [9.17, 15) is 19.7 Å². The number of hydrogen-bond acceptors (Lipinski definition) is 6. The molecule has 108 valence electrons. The molecule has 8 nitrogen and oxygen atoms in total. The average molecular weight is 283 g/mol. The second kappa shape index (κ2) is 6.00. The molecular formula is C12H13NO7. The normalized spacial score (nSPS) is 13.1. The third kappa shape index (κ3) is 3.02. The van der Waals surface area contributed by atoms with Crippen LogP contribution in [0.1, 0.15) is 13.8 Å². The van der Waals surface area contributed by atoms with Gasteiger partial charge in [0.05, 0.1) is 11.5 Å². The molecule has 0 aromatic heterocycles. The largest absolute Gasteiger partial charge is 0.478 e. The number of para-hydroxylation sites is 2. The van der Waals surface area contributed by atoms with Gasteiger partial charge in [0.1, 0.15) is 0 Å². The SMILES string of the molecule is CCOC(=O)C(C)(Oc1ccccc1[N+](=O)[O-])C(=O)O. The second-order valence-corrected chi connectivity index (χ2v) is 3.89. The van der Waals surface area contributed by atoms with Gasteiger partial charge in [0.25, 0.3) is 5.60 Å². The first-order valence-electron chi connectivity index (χ1n) is 5.66. The standard InChI is InChI=1S/C12H13NO7/c1-3-19-11(16)12(2,10(14)15)20-9-7-5-4-6-8(9)13(17)18/h4-7H,3H2,1-2H3,(H,14,15). The molecule has 0 bridgehead atoms. The molecule has 1 N–H and O–H groups in total. The van der Waals surface area contributed by atoms with Crippen LogP contribution in [0.2, 0.25) is 0 Å². The van der Waals surface area contributed by atoms with E-state index >= 15 is 0 Å². The van der Waals surface area contributed by atoms with Gasteiger partial charge in [0, 0.05) is 6.07 Å². The molecule has 1 unspecified atom stereocenters. The molecule has 0 aliphatic carbocycles. The molecule has 0 saturated carbocycles. The number of carboxylic acid groups (broad SMARTS) is 1. The van der Waals surface area contributed by atoms with E-state index in [0.717, 1.165) is 13.0 Å². The van der Waals surface area contributed by atoms with Crippen molar-refractivity contribution in [3.63, 3.8) is 0 Å². The molecular weight excluding hydrogens is 270 g/mol. The molecule has 20 heavy (non-hydrogen) atoms. The molecule has 1 atom stereocenters. The zero-order chi connectivity index (χ0) is 15.3. The summed E-state index contributed by atoms with van der Waals surface area (Å²) in [5.74, 6) is -3.06.